The van der Waals surface area contributed by atoms with Crippen molar-refractivity contribution >= 4 is 5.97 Å². The van der Waals surface area contributed by atoms with E-state index in [1.165, 1.54) is 0 Å². The Morgan fingerprint density at radius 2 is 2.14 bits per heavy atom. The molecule has 0 fully saturated rings. The Morgan fingerprint density at radius 3 is 2.64 bits per heavy atom. The maximum atomic E-state index is 11.2. The van der Waals surface area contributed by atoms with Gasteiger partial charge < -0.3 is 15.0 Å². The van der Waals surface area contributed by atoms with Crippen LogP contribution in [0, 0.1) is 0 Å². The number of rotatable bonds is 7. The van der Waals surface area contributed by atoms with Crippen LogP contribution in [-0.4, -0.2) is 50.7 Å². The van der Waals surface area contributed by atoms with Gasteiger partial charge in [0.05, 0.1) is 6.61 Å². The summed E-state index contributed by atoms with van der Waals surface area (Å²) < 4.78 is 4.87. The molecule has 4 nitrogen and oxygen atoms in total. The van der Waals surface area contributed by atoms with Crippen LogP contribution in [0.4, 0.5) is 0 Å². The van der Waals surface area contributed by atoms with Gasteiger partial charge in [-0.1, -0.05) is 0 Å². The second-order valence-corrected chi connectivity index (χ2v) is 3.58. The van der Waals surface area contributed by atoms with Gasteiger partial charge in [0.1, 0.15) is 6.04 Å². The van der Waals surface area contributed by atoms with Crippen LogP contribution >= 0.6 is 0 Å². The minimum Gasteiger partial charge on any atom is -0.465 e. The molecule has 0 aliphatic carbocycles. The maximum absolute atomic E-state index is 11.2. The summed E-state index contributed by atoms with van der Waals surface area (Å²) in [7, 11) is 4.07. The third-order valence-electron chi connectivity index (χ3n) is 1.87. The summed E-state index contributed by atoms with van der Waals surface area (Å²) in [5, 5.41) is 3.12. The van der Waals surface area contributed by atoms with Crippen molar-refractivity contribution in [3.8, 4) is 0 Å². The van der Waals surface area contributed by atoms with Gasteiger partial charge in [0.2, 0.25) is 0 Å². The molecule has 4 heteroatoms. The second kappa shape index (κ2) is 7.76. The minimum atomic E-state index is -0.197. The molecule has 0 saturated carbocycles. The summed E-state index contributed by atoms with van der Waals surface area (Å²) in [6.07, 6.45) is 1.04. The Hall–Kier alpha value is -0.610. The van der Waals surface area contributed by atoms with E-state index in [-0.39, 0.29) is 12.0 Å². The van der Waals surface area contributed by atoms with E-state index in [1.54, 1.807) is 0 Å². The molecule has 1 atom stereocenters. The molecule has 0 bridgehead atoms. The predicted octanol–water partition coefficient (Wildman–Crippen LogP) is 0.479. The smallest absolute Gasteiger partial charge is 0.322 e. The maximum Gasteiger partial charge on any atom is 0.322 e. The van der Waals surface area contributed by atoms with E-state index in [1.807, 2.05) is 27.9 Å². The number of nitrogens with zero attached hydrogens (tertiary/aromatic N) is 1. The topological polar surface area (TPSA) is 41.6 Å². The van der Waals surface area contributed by atoms with Crippen molar-refractivity contribution in [2.45, 2.75) is 26.3 Å². The lowest BCUT2D eigenvalue weighted by Crippen LogP contribution is -2.36. The molecule has 0 aliphatic rings. The zero-order valence-corrected chi connectivity index (χ0v) is 9.67. The number of hydrogen-bond acceptors (Lipinski definition) is 4. The number of carbonyl (C=O) groups is 1. The average Bonchev–Trinajstić information content (AvgIpc) is 2.12. The first-order chi connectivity index (χ1) is 6.57. The van der Waals surface area contributed by atoms with Gasteiger partial charge >= 0.3 is 5.97 Å². The van der Waals surface area contributed by atoms with Crippen LogP contribution in [-0.2, 0) is 9.53 Å². The van der Waals surface area contributed by atoms with Gasteiger partial charge in [-0.3, -0.25) is 4.79 Å². The van der Waals surface area contributed by atoms with Crippen molar-refractivity contribution in [2.24, 2.45) is 0 Å². The van der Waals surface area contributed by atoms with E-state index in [0.29, 0.717) is 6.61 Å². The van der Waals surface area contributed by atoms with E-state index in [4.69, 9.17) is 4.74 Å². The van der Waals surface area contributed by atoms with Crippen LogP contribution < -0.4 is 5.32 Å². The fourth-order valence-electron chi connectivity index (χ4n) is 1.06. The molecule has 0 rings (SSSR count). The molecule has 0 saturated heterocycles. The molecule has 14 heavy (non-hydrogen) atoms. The summed E-state index contributed by atoms with van der Waals surface area (Å²) in [6.45, 7) is 5.97. The van der Waals surface area contributed by atoms with Crippen molar-refractivity contribution in [3.63, 3.8) is 0 Å². The molecule has 1 N–H and O–H groups in total. The molecule has 0 radical (unpaired) electrons. The molecule has 1 unspecified atom stereocenters. The summed E-state index contributed by atoms with van der Waals surface area (Å²) in [4.78, 5) is 13.3. The van der Waals surface area contributed by atoms with Crippen molar-refractivity contribution in [3.05, 3.63) is 0 Å². The zero-order valence-electron chi connectivity index (χ0n) is 9.67. The molecule has 0 aromatic carbocycles. The van der Waals surface area contributed by atoms with Gasteiger partial charge in [-0.2, -0.15) is 0 Å². The Balaban J connectivity index is 3.43. The highest BCUT2D eigenvalue weighted by atomic mass is 16.5. The molecular formula is C10H22N2O2. The fraction of sp³-hybridized carbons (Fsp3) is 0.900. The Bertz CT molecular complexity index is 160. The van der Waals surface area contributed by atoms with Crippen molar-refractivity contribution in [1.29, 1.82) is 0 Å². The number of hydrogen-bond donors (Lipinski definition) is 1. The Labute approximate surface area is 86.6 Å². The molecule has 0 spiro atoms. The molecule has 84 valence electrons. The van der Waals surface area contributed by atoms with Crippen LogP contribution in [0.5, 0.6) is 0 Å². The minimum absolute atomic E-state index is 0.169. The van der Waals surface area contributed by atoms with Gasteiger partial charge in [-0.05, 0) is 47.5 Å². The standard InChI is InChI=1S/C10H22N2O2/c1-5-14-10(13)9(2)11-7-6-8-12(3)4/h9,11H,5-8H2,1-4H3. The molecule has 0 aromatic rings. The van der Waals surface area contributed by atoms with Gasteiger partial charge in [0, 0.05) is 0 Å². The molecule has 0 aliphatic heterocycles. The number of carbonyl (C=O) groups excluding carboxylic acids is 1. The normalized spacial score (nSPS) is 12.9. The van der Waals surface area contributed by atoms with Gasteiger partial charge in [-0.15, -0.1) is 0 Å². The van der Waals surface area contributed by atoms with Crippen LogP contribution in [0.1, 0.15) is 20.3 Å². The third-order valence-corrected chi connectivity index (χ3v) is 1.87. The SMILES string of the molecule is CCOC(=O)C(C)NCCCN(C)C. The van der Waals surface area contributed by atoms with Crippen LogP contribution in [0.25, 0.3) is 0 Å². The highest BCUT2D eigenvalue weighted by Gasteiger charge is 2.11. The first kappa shape index (κ1) is 13.4. The van der Waals surface area contributed by atoms with E-state index in [2.05, 4.69) is 10.2 Å². The summed E-state index contributed by atoms with van der Waals surface area (Å²) in [5.41, 5.74) is 0. The number of esters is 1. The largest absolute Gasteiger partial charge is 0.465 e. The Kier molecular flexibility index (Phi) is 7.42. The van der Waals surface area contributed by atoms with Gasteiger partial charge in [0.15, 0.2) is 0 Å². The lowest BCUT2D eigenvalue weighted by atomic mass is 10.3. The third kappa shape index (κ3) is 6.86. The lowest BCUT2D eigenvalue weighted by molar-refractivity contribution is -0.145. The van der Waals surface area contributed by atoms with Gasteiger partial charge in [-0.25, -0.2) is 0 Å². The van der Waals surface area contributed by atoms with E-state index >= 15 is 0 Å². The highest BCUT2D eigenvalue weighted by Crippen LogP contribution is 1.89. The van der Waals surface area contributed by atoms with E-state index in [0.717, 1.165) is 19.5 Å². The quantitative estimate of drug-likeness (QED) is 0.481. The van der Waals surface area contributed by atoms with Crippen molar-refractivity contribution < 1.29 is 9.53 Å². The van der Waals surface area contributed by atoms with Gasteiger partial charge in [0.25, 0.3) is 0 Å². The predicted molar refractivity (Wildman–Crippen MR) is 57.3 cm³/mol. The Morgan fingerprint density at radius 1 is 1.50 bits per heavy atom. The highest BCUT2D eigenvalue weighted by molar-refractivity contribution is 5.75. The first-order valence-corrected chi connectivity index (χ1v) is 5.12. The molecular weight excluding hydrogens is 180 g/mol. The number of ether oxygens (including phenoxy) is 1. The second-order valence-electron chi connectivity index (χ2n) is 3.58. The van der Waals surface area contributed by atoms with E-state index < -0.39 is 0 Å². The lowest BCUT2D eigenvalue weighted by Gasteiger charge is -2.13. The van der Waals surface area contributed by atoms with Crippen molar-refractivity contribution in [2.75, 3.05) is 33.8 Å². The van der Waals surface area contributed by atoms with Crippen LogP contribution in [0.15, 0.2) is 0 Å². The van der Waals surface area contributed by atoms with Crippen LogP contribution in [0.2, 0.25) is 0 Å². The zero-order chi connectivity index (χ0) is 11.0. The van der Waals surface area contributed by atoms with E-state index in [9.17, 15) is 4.79 Å². The monoisotopic (exact) mass is 202 g/mol. The molecule has 0 aromatic heterocycles. The summed E-state index contributed by atoms with van der Waals surface area (Å²) in [5.74, 6) is -0.169. The average molecular weight is 202 g/mol. The summed E-state index contributed by atoms with van der Waals surface area (Å²) in [6, 6.07) is -0.197. The number of nitrogens with one attached hydrogen (secondary N) is 1. The first-order valence-electron chi connectivity index (χ1n) is 5.12. The van der Waals surface area contributed by atoms with Crippen LogP contribution in [0.3, 0.4) is 0 Å². The summed E-state index contributed by atoms with van der Waals surface area (Å²) >= 11 is 0. The fourth-order valence-corrected chi connectivity index (χ4v) is 1.06. The molecule has 0 amide bonds. The van der Waals surface area contributed by atoms with Crippen molar-refractivity contribution in [1.82, 2.24) is 10.2 Å². The molecule has 0 heterocycles.